The predicted octanol–water partition coefficient (Wildman–Crippen LogP) is 1.93. The minimum atomic E-state index is 0.742. The molecule has 1 N–H and O–H groups in total. The van der Waals surface area contributed by atoms with Crippen LogP contribution in [0.3, 0.4) is 0 Å². The standard InChI is InChI=1S/C16H31N3/c1-13-11-19-9-4-3-5-16(19)12-18(13)10-8-17-14(2)15-6-7-15/h13-17H,3-12H2,1-2H3. The van der Waals surface area contributed by atoms with Crippen LogP contribution in [0.2, 0.25) is 0 Å². The summed E-state index contributed by atoms with van der Waals surface area (Å²) < 4.78 is 0. The highest BCUT2D eigenvalue weighted by atomic mass is 15.3. The van der Waals surface area contributed by atoms with E-state index in [1.807, 2.05) is 0 Å². The number of nitrogens with zero attached hydrogens (tertiary/aromatic N) is 2. The van der Waals surface area contributed by atoms with E-state index < -0.39 is 0 Å². The lowest BCUT2D eigenvalue weighted by Crippen LogP contribution is -2.59. The zero-order chi connectivity index (χ0) is 13.2. The van der Waals surface area contributed by atoms with Crippen molar-refractivity contribution in [2.45, 2.75) is 64.1 Å². The molecule has 19 heavy (non-hydrogen) atoms. The van der Waals surface area contributed by atoms with Crippen molar-refractivity contribution in [2.24, 2.45) is 5.92 Å². The second-order valence-electron chi connectivity index (χ2n) is 7.07. The molecule has 1 aliphatic carbocycles. The van der Waals surface area contributed by atoms with Gasteiger partial charge in [-0.2, -0.15) is 0 Å². The van der Waals surface area contributed by atoms with E-state index in [9.17, 15) is 0 Å². The summed E-state index contributed by atoms with van der Waals surface area (Å²) in [5.41, 5.74) is 0. The van der Waals surface area contributed by atoms with Crippen molar-refractivity contribution in [1.29, 1.82) is 0 Å². The van der Waals surface area contributed by atoms with E-state index in [1.54, 1.807) is 0 Å². The lowest BCUT2D eigenvalue weighted by atomic mass is 9.97. The number of hydrogen-bond acceptors (Lipinski definition) is 3. The van der Waals surface area contributed by atoms with Crippen molar-refractivity contribution in [2.75, 3.05) is 32.7 Å². The third-order valence-corrected chi connectivity index (χ3v) is 5.51. The maximum Gasteiger partial charge on any atom is 0.0223 e. The van der Waals surface area contributed by atoms with Crippen LogP contribution < -0.4 is 5.32 Å². The Balaban J connectivity index is 1.42. The van der Waals surface area contributed by atoms with Crippen molar-refractivity contribution in [1.82, 2.24) is 15.1 Å². The molecule has 0 spiro atoms. The van der Waals surface area contributed by atoms with Crippen molar-refractivity contribution in [3.8, 4) is 0 Å². The average Bonchev–Trinajstić information content (AvgIpc) is 3.23. The number of nitrogens with one attached hydrogen (secondary N) is 1. The van der Waals surface area contributed by atoms with Crippen molar-refractivity contribution < 1.29 is 0 Å². The van der Waals surface area contributed by atoms with Crippen molar-refractivity contribution in [3.63, 3.8) is 0 Å². The summed E-state index contributed by atoms with van der Waals surface area (Å²) in [6.45, 7) is 11.1. The summed E-state index contributed by atoms with van der Waals surface area (Å²) in [4.78, 5) is 5.46. The Morgan fingerprint density at radius 1 is 1.16 bits per heavy atom. The molecule has 2 saturated heterocycles. The highest BCUT2D eigenvalue weighted by Crippen LogP contribution is 2.32. The second kappa shape index (κ2) is 6.11. The summed E-state index contributed by atoms with van der Waals surface area (Å²) in [6.07, 6.45) is 7.19. The fourth-order valence-electron chi connectivity index (χ4n) is 3.92. The molecular formula is C16H31N3. The molecule has 0 aromatic rings. The summed E-state index contributed by atoms with van der Waals surface area (Å²) in [5.74, 6) is 0.979. The molecule has 110 valence electrons. The molecule has 3 rings (SSSR count). The Kier molecular flexibility index (Phi) is 4.45. The van der Waals surface area contributed by atoms with Gasteiger partial charge in [0, 0.05) is 44.3 Å². The highest BCUT2D eigenvalue weighted by molar-refractivity contribution is 4.89. The first-order valence-electron chi connectivity index (χ1n) is 8.45. The first-order chi connectivity index (χ1) is 9.24. The number of rotatable bonds is 5. The van der Waals surface area contributed by atoms with Gasteiger partial charge >= 0.3 is 0 Å². The molecule has 3 unspecified atom stereocenters. The Morgan fingerprint density at radius 2 is 2.00 bits per heavy atom. The first-order valence-corrected chi connectivity index (χ1v) is 8.45. The van der Waals surface area contributed by atoms with Gasteiger partial charge < -0.3 is 5.32 Å². The quantitative estimate of drug-likeness (QED) is 0.819. The van der Waals surface area contributed by atoms with Crippen LogP contribution in [0, 0.1) is 5.92 Å². The minimum absolute atomic E-state index is 0.742. The molecule has 2 aliphatic heterocycles. The Labute approximate surface area is 118 Å². The Bertz CT molecular complexity index is 290. The number of piperazine rings is 1. The molecule has 0 bridgehead atoms. The third kappa shape index (κ3) is 3.50. The molecule has 0 amide bonds. The molecule has 0 aromatic carbocycles. The largest absolute Gasteiger partial charge is 0.313 e. The molecule has 2 heterocycles. The van der Waals surface area contributed by atoms with Gasteiger partial charge in [-0.15, -0.1) is 0 Å². The van der Waals surface area contributed by atoms with Crippen molar-refractivity contribution >= 4 is 0 Å². The van der Waals surface area contributed by atoms with Crippen LogP contribution in [0.4, 0.5) is 0 Å². The van der Waals surface area contributed by atoms with Gasteiger partial charge in [0.25, 0.3) is 0 Å². The zero-order valence-electron chi connectivity index (χ0n) is 12.8. The molecule has 3 heteroatoms. The zero-order valence-corrected chi connectivity index (χ0v) is 12.8. The van der Waals surface area contributed by atoms with Crippen LogP contribution in [0.1, 0.15) is 46.0 Å². The number of hydrogen-bond donors (Lipinski definition) is 1. The van der Waals surface area contributed by atoms with Gasteiger partial charge in [0.05, 0.1) is 0 Å². The van der Waals surface area contributed by atoms with Gasteiger partial charge in [-0.05, 0) is 52.0 Å². The molecule has 3 fully saturated rings. The van der Waals surface area contributed by atoms with Gasteiger partial charge in [0.1, 0.15) is 0 Å². The van der Waals surface area contributed by atoms with Crippen LogP contribution in [-0.2, 0) is 0 Å². The lowest BCUT2D eigenvalue weighted by molar-refractivity contribution is 0.0157. The Morgan fingerprint density at radius 3 is 2.79 bits per heavy atom. The summed E-state index contributed by atoms with van der Waals surface area (Å²) >= 11 is 0. The van der Waals surface area contributed by atoms with Gasteiger partial charge in [0.2, 0.25) is 0 Å². The molecule has 0 radical (unpaired) electrons. The van der Waals surface area contributed by atoms with Crippen LogP contribution in [0.25, 0.3) is 0 Å². The number of fused-ring (bicyclic) bond motifs is 1. The summed E-state index contributed by atoms with van der Waals surface area (Å²) in [6, 6.07) is 2.34. The van der Waals surface area contributed by atoms with Crippen LogP contribution in [0.5, 0.6) is 0 Å². The second-order valence-corrected chi connectivity index (χ2v) is 7.07. The molecule has 3 nitrogen and oxygen atoms in total. The van der Waals surface area contributed by atoms with E-state index in [1.165, 1.54) is 64.8 Å². The Hall–Kier alpha value is -0.120. The summed E-state index contributed by atoms with van der Waals surface area (Å²) in [5, 5.41) is 3.73. The van der Waals surface area contributed by atoms with E-state index in [0.717, 1.165) is 24.0 Å². The fraction of sp³-hybridized carbons (Fsp3) is 1.00. The molecular weight excluding hydrogens is 234 g/mol. The first kappa shape index (κ1) is 13.8. The van der Waals surface area contributed by atoms with Crippen LogP contribution >= 0.6 is 0 Å². The van der Waals surface area contributed by atoms with Gasteiger partial charge in [-0.3, -0.25) is 9.80 Å². The van der Waals surface area contributed by atoms with E-state index in [4.69, 9.17) is 0 Å². The van der Waals surface area contributed by atoms with E-state index >= 15 is 0 Å². The van der Waals surface area contributed by atoms with E-state index in [-0.39, 0.29) is 0 Å². The van der Waals surface area contributed by atoms with Crippen molar-refractivity contribution in [3.05, 3.63) is 0 Å². The molecule has 1 saturated carbocycles. The van der Waals surface area contributed by atoms with E-state index in [0.29, 0.717) is 0 Å². The smallest absolute Gasteiger partial charge is 0.0223 e. The molecule has 3 aliphatic rings. The SMILES string of the molecule is CC(NCCN1CC2CCCCN2CC1C)C1CC1. The maximum absolute atomic E-state index is 3.73. The van der Waals surface area contributed by atoms with Gasteiger partial charge in [0.15, 0.2) is 0 Å². The normalized spacial score (nSPS) is 35.1. The maximum atomic E-state index is 3.73. The van der Waals surface area contributed by atoms with E-state index in [2.05, 4.69) is 29.0 Å². The highest BCUT2D eigenvalue weighted by Gasteiger charge is 2.33. The monoisotopic (exact) mass is 265 g/mol. The van der Waals surface area contributed by atoms with Crippen LogP contribution in [-0.4, -0.2) is 60.6 Å². The topological polar surface area (TPSA) is 18.5 Å². The fourth-order valence-corrected chi connectivity index (χ4v) is 3.92. The molecule has 0 aromatic heterocycles. The minimum Gasteiger partial charge on any atom is -0.313 e. The predicted molar refractivity (Wildman–Crippen MR) is 80.4 cm³/mol. The van der Waals surface area contributed by atoms with Gasteiger partial charge in [-0.25, -0.2) is 0 Å². The third-order valence-electron chi connectivity index (χ3n) is 5.51. The molecule has 3 atom stereocenters. The summed E-state index contributed by atoms with van der Waals surface area (Å²) in [7, 11) is 0. The van der Waals surface area contributed by atoms with Crippen LogP contribution in [0.15, 0.2) is 0 Å². The lowest BCUT2D eigenvalue weighted by Gasteiger charge is -2.47. The van der Waals surface area contributed by atoms with Gasteiger partial charge in [-0.1, -0.05) is 6.42 Å². The number of piperidine rings is 1. The average molecular weight is 265 g/mol.